The lowest BCUT2D eigenvalue weighted by Crippen LogP contribution is -2.28. The molecule has 0 aliphatic rings. The van der Waals surface area contributed by atoms with Crippen LogP contribution in [0.15, 0.2) is 48.5 Å². The normalized spacial score (nSPS) is 10.0. The van der Waals surface area contributed by atoms with Crippen molar-refractivity contribution < 1.29 is 14.3 Å². The monoisotopic (exact) mass is 305 g/mol. The Bertz CT molecular complexity index is 599. The van der Waals surface area contributed by atoms with Crippen molar-refractivity contribution in [2.45, 2.75) is 6.54 Å². The molecule has 0 saturated carbocycles. The van der Waals surface area contributed by atoms with E-state index in [-0.39, 0.29) is 12.5 Å². The molecule has 110 valence electrons. The van der Waals surface area contributed by atoms with Crippen LogP contribution in [0.4, 0.5) is 0 Å². The number of amides is 1. The molecule has 4 nitrogen and oxygen atoms in total. The molecule has 0 atom stereocenters. The highest BCUT2D eigenvalue weighted by molar-refractivity contribution is 6.30. The summed E-state index contributed by atoms with van der Waals surface area (Å²) in [5.41, 5.74) is 0.967. The number of ether oxygens (including phenoxy) is 2. The van der Waals surface area contributed by atoms with Crippen LogP contribution in [0.2, 0.25) is 5.02 Å². The van der Waals surface area contributed by atoms with Crippen molar-refractivity contribution >= 4 is 17.5 Å². The van der Waals surface area contributed by atoms with Gasteiger partial charge in [0.1, 0.15) is 11.5 Å². The maximum atomic E-state index is 11.7. The van der Waals surface area contributed by atoms with Crippen LogP contribution >= 0.6 is 11.6 Å². The van der Waals surface area contributed by atoms with Crippen molar-refractivity contribution in [3.05, 3.63) is 59.1 Å². The molecule has 2 aromatic carbocycles. The molecule has 1 amide bonds. The van der Waals surface area contributed by atoms with Gasteiger partial charge in [0.2, 0.25) is 0 Å². The fourth-order valence-corrected chi connectivity index (χ4v) is 1.84. The Morgan fingerprint density at radius 1 is 1.14 bits per heavy atom. The highest BCUT2D eigenvalue weighted by atomic mass is 35.5. The van der Waals surface area contributed by atoms with Crippen molar-refractivity contribution in [2.75, 3.05) is 13.7 Å². The zero-order valence-electron chi connectivity index (χ0n) is 11.6. The van der Waals surface area contributed by atoms with E-state index in [4.69, 9.17) is 21.1 Å². The van der Waals surface area contributed by atoms with Crippen molar-refractivity contribution in [3.8, 4) is 11.5 Å². The van der Waals surface area contributed by atoms with Crippen LogP contribution in [0.25, 0.3) is 0 Å². The van der Waals surface area contributed by atoms with Gasteiger partial charge < -0.3 is 14.8 Å². The fraction of sp³-hybridized carbons (Fsp3) is 0.188. The van der Waals surface area contributed by atoms with Gasteiger partial charge in [-0.1, -0.05) is 23.7 Å². The number of benzene rings is 2. The third kappa shape index (κ3) is 5.00. The Labute approximate surface area is 128 Å². The number of halogens is 1. The molecule has 0 fully saturated rings. The highest BCUT2D eigenvalue weighted by Crippen LogP contribution is 2.15. The molecule has 0 aromatic heterocycles. The van der Waals surface area contributed by atoms with Crippen LogP contribution in [-0.2, 0) is 11.3 Å². The first-order chi connectivity index (χ1) is 10.2. The summed E-state index contributed by atoms with van der Waals surface area (Å²) < 4.78 is 10.5. The van der Waals surface area contributed by atoms with E-state index in [9.17, 15) is 4.79 Å². The minimum atomic E-state index is -0.187. The maximum Gasteiger partial charge on any atom is 0.258 e. The number of carbonyl (C=O) groups excluding carboxylic acids is 1. The van der Waals surface area contributed by atoms with Gasteiger partial charge in [0.15, 0.2) is 6.61 Å². The van der Waals surface area contributed by atoms with Gasteiger partial charge in [-0.2, -0.15) is 0 Å². The minimum Gasteiger partial charge on any atom is -0.497 e. The molecular formula is C16H16ClNO3. The average molecular weight is 306 g/mol. The predicted molar refractivity (Wildman–Crippen MR) is 81.8 cm³/mol. The Kier molecular flexibility index (Phi) is 5.46. The van der Waals surface area contributed by atoms with E-state index in [1.54, 1.807) is 31.4 Å². The third-order valence-corrected chi connectivity index (χ3v) is 3.06. The summed E-state index contributed by atoms with van der Waals surface area (Å²) in [5, 5.41) is 3.42. The van der Waals surface area contributed by atoms with E-state index in [0.717, 1.165) is 11.3 Å². The molecule has 0 saturated heterocycles. The van der Waals surface area contributed by atoms with Gasteiger partial charge in [-0.05, 0) is 42.0 Å². The molecular weight excluding hydrogens is 290 g/mol. The Balaban J connectivity index is 1.78. The predicted octanol–water partition coefficient (Wildman–Crippen LogP) is 3.04. The highest BCUT2D eigenvalue weighted by Gasteiger charge is 2.03. The van der Waals surface area contributed by atoms with Crippen molar-refractivity contribution in [1.29, 1.82) is 0 Å². The lowest BCUT2D eigenvalue weighted by molar-refractivity contribution is -0.123. The van der Waals surface area contributed by atoms with Crippen LogP contribution in [-0.4, -0.2) is 19.6 Å². The molecule has 0 unspecified atom stereocenters. The van der Waals surface area contributed by atoms with Crippen LogP contribution in [0.3, 0.4) is 0 Å². The summed E-state index contributed by atoms with van der Waals surface area (Å²) >= 11 is 5.77. The van der Waals surface area contributed by atoms with E-state index in [0.29, 0.717) is 17.3 Å². The van der Waals surface area contributed by atoms with E-state index >= 15 is 0 Å². The first-order valence-electron chi connectivity index (χ1n) is 6.45. The number of hydrogen-bond donors (Lipinski definition) is 1. The molecule has 0 spiro atoms. The van der Waals surface area contributed by atoms with Crippen LogP contribution in [0.1, 0.15) is 5.56 Å². The standard InChI is InChI=1S/C16H16ClNO3/c1-20-15-4-2-3-12(9-15)10-18-16(19)11-21-14-7-5-13(17)6-8-14/h2-9H,10-11H2,1H3,(H,18,19). The van der Waals surface area contributed by atoms with Gasteiger partial charge in [0.05, 0.1) is 7.11 Å². The van der Waals surface area contributed by atoms with Crippen LogP contribution in [0, 0.1) is 0 Å². The maximum absolute atomic E-state index is 11.7. The first-order valence-corrected chi connectivity index (χ1v) is 6.83. The van der Waals surface area contributed by atoms with Gasteiger partial charge >= 0.3 is 0 Å². The van der Waals surface area contributed by atoms with E-state index < -0.39 is 0 Å². The summed E-state index contributed by atoms with van der Waals surface area (Å²) in [4.78, 5) is 11.7. The Morgan fingerprint density at radius 3 is 2.62 bits per heavy atom. The topological polar surface area (TPSA) is 47.6 Å². The molecule has 0 aliphatic carbocycles. The van der Waals surface area contributed by atoms with E-state index in [1.807, 2.05) is 24.3 Å². The van der Waals surface area contributed by atoms with Crippen molar-refractivity contribution in [3.63, 3.8) is 0 Å². The lowest BCUT2D eigenvalue weighted by Gasteiger charge is -2.08. The van der Waals surface area contributed by atoms with E-state index in [1.165, 1.54) is 0 Å². The second-order valence-corrected chi connectivity index (χ2v) is 4.81. The molecule has 1 N–H and O–H groups in total. The summed E-state index contributed by atoms with van der Waals surface area (Å²) in [5.74, 6) is 1.18. The van der Waals surface area contributed by atoms with Gasteiger partial charge in [0, 0.05) is 11.6 Å². The molecule has 0 heterocycles. The summed E-state index contributed by atoms with van der Waals surface area (Å²) in [6.45, 7) is 0.394. The zero-order chi connectivity index (χ0) is 15.1. The third-order valence-electron chi connectivity index (χ3n) is 2.81. The number of methoxy groups -OCH3 is 1. The Hall–Kier alpha value is -2.20. The largest absolute Gasteiger partial charge is 0.497 e. The number of rotatable bonds is 6. The number of nitrogens with one attached hydrogen (secondary N) is 1. The summed E-state index contributed by atoms with van der Waals surface area (Å²) in [6.07, 6.45) is 0. The van der Waals surface area contributed by atoms with Gasteiger partial charge in [0.25, 0.3) is 5.91 Å². The average Bonchev–Trinajstić information content (AvgIpc) is 2.52. The minimum absolute atomic E-state index is 0.0361. The van der Waals surface area contributed by atoms with Gasteiger partial charge in [-0.3, -0.25) is 4.79 Å². The summed E-state index contributed by atoms with van der Waals surface area (Å²) in [6, 6.07) is 14.4. The number of hydrogen-bond acceptors (Lipinski definition) is 3. The summed E-state index contributed by atoms with van der Waals surface area (Å²) in [7, 11) is 1.61. The molecule has 0 aliphatic heterocycles. The lowest BCUT2D eigenvalue weighted by atomic mass is 10.2. The second kappa shape index (κ2) is 7.55. The SMILES string of the molecule is COc1cccc(CNC(=O)COc2ccc(Cl)cc2)c1. The molecule has 0 radical (unpaired) electrons. The van der Waals surface area contributed by atoms with Crippen molar-refractivity contribution in [1.82, 2.24) is 5.32 Å². The van der Waals surface area contributed by atoms with Gasteiger partial charge in [-0.15, -0.1) is 0 Å². The first kappa shape index (κ1) is 15.2. The van der Waals surface area contributed by atoms with Crippen molar-refractivity contribution in [2.24, 2.45) is 0 Å². The number of carbonyl (C=O) groups is 1. The molecule has 0 bridgehead atoms. The quantitative estimate of drug-likeness (QED) is 0.892. The van der Waals surface area contributed by atoms with E-state index in [2.05, 4.69) is 5.32 Å². The molecule has 5 heteroatoms. The van der Waals surface area contributed by atoms with Gasteiger partial charge in [-0.25, -0.2) is 0 Å². The van der Waals surface area contributed by atoms with Crippen LogP contribution in [0.5, 0.6) is 11.5 Å². The smallest absolute Gasteiger partial charge is 0.258 e. The Morgan fingerprint density at radius 2 is 1.90 bits per heavy atom. The molecule has 21 heavy (non-hydrogen) atoms. The molecule has 2 aromatic rings. The molecule has 2 rings (SSSR count). The second-order valence-electron chi connectivity index (χ2n) is 4.37. The fourth-order valence-electron chi connectivity index (χ4n) is 1.71. The zero-order valence-corrected chi connectivity index (χ0v) is 12.4. The van der Waals surface area contributed by atoms with Crippen LogP contribution < -0.4 is 14.8 Å².